The van der Waals surface area contributed by atoms with Gasteiger partial charge in [0.05, 0.1) is 40.7 Å². The van der Waals surface area contributed by atoms with Crippen LogP contribution in [0.5, 0.6) is 11.5 Å². The third kappa shape index (κ3) is 5.40. The highest BCUT2D eigenvalue weighted by molar-refractivity contribution is 6.32. The van der Waals surface area contributed by atoms with Crippen LogP contribution in [-0.4, -0.2) is 17.8 Å². The topological polar surface area (TPSA) is 132 Å². The average Bonchev–Trinajstić information content (AvgIpc) is 2.97. The van der Waals surface area contributed by atoms with Gasteiger partial charge in [-0.1, -0.05) is 23.7 Å². The Kier molecular flexibility index (Phi) is 8.11. The second kappa shape index (κ2) is 11.8. The van der Waals surface area contributed by atoms with Gasteiger partial charge < -0.3 is 15.2 Å². The standard InChI is InChI=1S/C32H28ClFN4O5/c1-17-11-18(2)22(12-19(17)16-43-29-10-7-20(34)13-24(29)33)30-23(15-35)32(36)37(26-5-4-6-28(39)31(26)30)25-9-8-21(42-3)14-27(25)38(40)41/h7-14,30H,4-6,16,36H2,1-3H3. The molecule has 2 aliphatic rings. The molecule has 1 aliphatic carbocycles. The number of nitriles is 1. The van der Waals surface area contributed by atoms with E-state index in [1.54, 1.807) is 6.07 Å². The Bertz CT molecular complexity index is 1780. The summed E-state index contributed by atoms with van der Waals surface area (Å²) in [5.41, 5.74) is 10.8. The van der Waals surface area contributed by atoms with E-state index < -0.39 is 16.7 Å². The number of methoxy groups -OCH3 is 1. The number of carbonyl (C=O) groups excluding carboxylic acids is 1. The van der Waals surface area contributed by atoms with Crippen LogP contribution in [0.3, 0.4) is 0 Å². The van der Waals surface area contributed by atoms with E-state index in [1.807, 2.05) is 26.0 Å². The Morgan fingerprint density at radius 2 is 1.93 bits per heavy atom. The SMILES string of the molecule is COc1ccc(N2C(N)=C(C#N)C(c3cc(COc4ccc(F)cc4Cl)c(C)cc3C)C3=C2CCCC3=O)c([N+](=O)[O-])c1. The van der Waals surface area contributed by atoms with Gasteiger partial charge in [0, 0.05) is 17.7 Å². The van der Waals surface area contributed by atoms with Crippen LogP contribution in [0.4, 0.5) is 15.8 Å². The molecule has 0 saturated heterocycles. The summed E-state index contributed by atoms with van der Waals surface area (Å²) in [6, 6.07) is 14.3. The van der Waals surface area contributed by atoms with E-state index in [0.717, 1.165) is 16.7 Å². The van der Waals surface area contributed by atoms with Gasteiger partial charge in [-0.15, -0.1) is 0 Å². The number of nitro benzene ring substituents is 1. The van der Waals surface area contributed by atoms with Crippen LogP contribution in [0.1, 0.15) is 47.4 Å². The molecular formula is C32H28ClFN4O5. The monoisotopic (exact) mass is 602 g/mol. The highest BCUT2D eigenvalue weighted by Gasteiger charge is 2.42. The van der Waals surface area contributed by atoms with Crippen LogP contribution >= 0.6 is 11.6 Å². The molecule has 0 spiro atoms. The van der Waals surface area contributed by atoms with Gasteiger partial charge in [-0.3, -0.25) is 19.8 Å². The number of Topliss-reactive ketones (excluding diaryl/α,β-unsaturated/α-hetero) is 1. The third-order valence-corrected chi connectivity index (χ3v) is 8.14. The van der Waals surface area contributed by atoms with Crippen LogP contribution in [0.15, 0.2) is 71.2 Å². The van der Waals surface area contributed by atoms with Crippen molar-refractivity contribution in [1.82, 2.24) is 0 Å². The number of nitro groups is 1. The van der Waals surface area contributed by atoms with Gasteiger partial charge in [0.2, 0.25) is 0 Å². The maximum atomic E-state index is 13.6. The number of ether oxygens (including phenoxy) is 2. The maximum Gasteiger partial charge on any atom is 0.296 e. The number of halogens is 2. The lowest BCUT2D eigenvalue weighted by molar-refractivity contribution is -0.384. The van der Waals surface area contributed by atoms with Crippen molar-refractivity contribution in [2.24, 2.45) is 5.73 Å². The summed E-state index contributed by atoms with van der Waals surface area (Å²) in [5.74, 6) is -0.793. The van der Waals surface area contributed by atoms with Gasteiger partial charge in [0.1, 0.15) is 35.4 Å². The molecule has 220 valence electrons. The molecule has 0 aromatic heterocycles. The number of aryl methyl sites for hydroxylation is 2. The Morgan fingerprint density at radius 1 is 1.16 bits per heavy atom. The Balaban J connectivity index is 1.65. The van der Waals surface area contributed by atoms with Crippen molar-refractivity contribution in [3.05, 3.63) is 114 Å². The first kappa shape index (κ1) is 29.6. The van der Waals surface area contributed by atoms with Crippen molar-refractivity contribution in [3.8, 4) is 17.6 Å². The lowest BCUT2D eigenvalue weighted by Crippen LogP contribution is -2.39. The van der Waals surface area contributed by atoms with Crippen molar-refractivity contribution in [2.45, 2.75) is 45.6 Å². The molecule has 0 radical (unpaired) electrons. The Labute approximate surface area is 252 Å². The largest absolute Gasteiger partial charge is 0.496 e. The first-order valence-corrected chi connectivity index (χ1v) is 13.9. The van der Waals surface area contributed by atoms with Crippen molar-refractivity contribution < 1.29 is 23.6 Å². The molecule has 1 aliphatic heterocycles. The van der Waals surface area contributed by atoms with E-state index in [-0.39, 0.29) is 52.4 Å². The van der Waals surface area contributed by atoms with Crippen LogP contribution in [0.2, 0.25) is 5.02 Å². The smallest absolute Gasteiger partial charge is 0.296 e. The molecule has 0 amide bonds. The molecule has 0 fully saturated rings. The summed E-state index contributed by atoms with van der Waals surface area (Å²) in [7, 11) is 1.41. The molecule has 11 heteroatoms. The molecule has 9 nitrogen and oxygen atoms in total. The fraction of sp³-hybridized carbons (Fsp3) is 0.250. The van der Waals surface area contributed by atoms with Gasteiger partial charge in [0.25, 0.3) is 5.69 Å². The zero-order valence-electron chi connectivity index (χ0n) is 23.7. The number of carbonyl (C=O) groups is 1. The van der Waals surface area contributed by atoms with E-state index in [4.69, 9.17) is 26.8 Å². The molecule has 43 heavy (non-hydrogen) atoms. The molecule has 3 aromatic carbocycles. The van der Waals surface area contributed by atoms with Crippen LogP contribution < -0.4 is 20.1 Å². The van der Waals surface area contributed by atoms with Gasteiger partial charge in [-0.25, -0.2) is 4.39 Å². The Morgan fingerprint density at radius 3 is 2.60 bits per heavy atom. The number of rotatable bonds is 7. The van der Waals surface area contributed by atoms with Gasteiger partial charge in [-0.2, -0.15) is 5.26 Å². The number of anilines is 1. The van der Waals surface area contributed by atoms with Gasteiger partial charge >= 0.3 is 0 Å². The average molecular weight is 603 g/mol. The van der Waals surface area contributed by atoms with Crippen molar-refractivity contribution >= 4 is 28.8 Å². The van der Waals surface area contributed by atoms with E-state index in [2.05, 4.69) is 6.07 Å². The van der Waals surface area contributed by atoms with Gasteiger partial charge in [0.15, 0.2) is 5.78 Å². The highest BCUT2D eigenvalue weighted by atomic mass is 35.5. The predicted octanol–water partition coefficient (Wildman–Crippen LogP) is 6.90. The number of benzene rings is 3. The number of hydrogen-bond acceptors (Lipinski definition) is 8. The summed E-state index contributed by atoms with van der Waals surface area (Å²) < 4.78 is 24.6. The summed E-state index contributed by atoms with van der Waals surface area (Å²) in [5, 5.41) is 22.7. The molecule has 5 rings (SSSR count). The highest BCUT2D eigenvalue weighted by Crippen LogP contribution is 2.49. The number of nitrogens with zero attached hydrogens (tertiary/aromatic N) is 3. The molecule has 0 bridgehead atoms. The zero-order valence-corrected chi connectivity index (χ0v) is 24.5. The quantitative estimate of drug-likeness (QED) is 0.228. The van der Waals surface area contributed by atoms with E-state index in [1.165, 1.54) is 42.3 Å². The first-order chi connectivity index (χ1) is 20.5. The minimum Gasteiger partial charge on any atom is -0.496 e. The summed E-state index contributed by atoms with van der Waals surface area (Å²) in [6.45, 7) is 3.91. The maximum absolute atomic E-state index is 13.6. The molecule has 1 atom stereocenters. The molecule has 1 unspecified atom stereocenters. The lowest BCUT2D eigenvalue weighted by atomic mass is 9.74. The molecule has 3 aromatic rings. The van der Waals surface area contributed by atoms with E-state index >= 15 is 0 Å². The van der Waals surface area contributed by atoms with Crippen LogP contribution in [0.25, 0.3) is 0 Å². The minimum absolute atomic E-state index is 0.0186. The van der Waals surface area contributed by atoms with Crippen molar-refractivity contribution in [2.75, 3.05) is 12.0 Å². The second-order valence-electron chi connectivity index (χ2n) is 10.4. The summed E-state index contributed by atoms with van der Waals surface area (Å²) in [4.78, 5) is 26.7. The number of allylic oxidation sites excluding steroid dienone is 3. The Hall–Kier alpha value is -4.88. The molecule has 1 heterocycles. The zero-order chi connectivity index (χ0) is 31.0. The van der Waals surface area contributed by atoms with Crippen LogP contribution in [-0.2, 0) is 11.4 Å². The molecule has 2 N–H and O–H groups in total. The van der Waals surface area contributed by atoms with Crippen molar-refractivity contribution in [3.63, 3.8) is 0 Å². The second-order valence-corrected chi connectivity index (χ2v) is 10.8. The predicted molar refractivity (Wildman–Crippen MR) is 159 cm³/mol. The number of nitrogens with two attached hydrogens (primary N) is 1. The normalized spacial score (nSPS) is 16.6. The van der Waals surface area contributed by atoms with Crippen molar-refractivity contribution in [1.29, 1.82) is 5.26 Å². The lowest BCUT2D eigenvalue weighted by Gasteiger charge is -2.39. The number of ketones is 1. The summed E-state index contributed by atoms with van der Waals surface area (Å²) >= 11 is 6.15. The van der Waals surface area contributed by atoms with Crippen LogP contribution in [0, 0.1) is 41.1 Å². The fourth-order valence-corrected chi connectivity index (χ4v) is 5.99. The fourth-order valence-electron chi connectivity index (χ4n) is 5.77. The van der Waals surface area contributed by atoms with E-state index in [0.29, 0.717) is 35.4 Å². The summed E-state index contributed by atoms with van der Waals surface area (Å²) in [6.07, 6.45) is 1.24. The first-order valence-electron chi connectivity index (χ1n) is 13.5. The minimum atomic E-state index is -0.782. The molecular weight excluding hydrogens is 575 g/mol. The van der Waals surface area contributed by atoms with Gasteiger partial charge in [-0.05, 0) is 79.3 Å². The molecule has 0 saturated carbocycles. The van der Waals surface area contributed by atoms with E-state index in [9.17, 15) is 24.6 Å². The third-order valence-electron chi connectivity index (χ3n) is 7.85. The number of hydrogen-bond donors (Lipinski definition) is 1.